The number of hydrogen-bond acceptors (Lipinski definition) is 4. The summed E-state index contributed by atoms with van der Waals surface area (Å²) in [4.78, 5) is 14.9. The van der Waals surface area contributed by atoms with Crippen molar-refractivity contribution in [1.82, 2.24) is 10.2 Å². The quantitative estimate of drug-likeness (QED) is 0.769. The number of likely N-dealkylation sites (tertiary alicyclic amines) is 1. The van der Waals surface area contributed by atoms with Gasteiger partial charge in [-0.05, 0) is 31.2 Å². The highest BCUT2D eigenvalue weighted by Crippen LogP contribution is 2.32. The number of carbonyl (C=O) groups is 1. The fraction of sp³-hybridized carbons (Fsp3) is 0.650. The number of ether oxygens (including phenoxy) is 2. The van der Waals surface area contributed by atoms with E-state index in [1.54, 1.807) is 0 Å². The third-order valence-corrected chi connectivity index (χ3v) is 5.54. The van der Waals surface area contributed by atoms with Crippen LogP contribution in [-0.2, 0) is 20.9 Å². The zero-order chi connectivity index (χ0) is 17.1. The molecule has 1 aromatic carbocycles. The van der Waals surface area contributed by atoms with Crippen molar-refractivity contribution in [3.8, 4) is 0 Å². The zero-order valence-corrected chi connectivity index (χ0v) is 14.7. The van der Waals surface area contributed by atoms with Crippen LogP contribution in [0.4, 0.5) is 0 Å². The molecule has 0 aromatic heterocycles. The SMILES string of the molecule is O=C(NC1CC1)[C@@H]1C[C@H]2OCC[C@H]2N(CCOCc2ccccc2)C1. The second-order valence-corrected chi connectivity index (χ2v) is 7.51. The third kappa shape index (κ3) is 4.40. The smallest absolute Gasteiger partial charge is 0.224 e. The van der Waals surface area contributed by atoms with Gasteiger partial charge in [-0.2, -0.15) is 0 Å². The van der Waals surface area contributed by atoms with Crippen molar-refractivity contribution in [2.24, 2.45) is 5.92 Å². The van der Waals surface area contributed by atoms with Crippen LogP contribution in [0.15, 0.2) is 30.3 Å². The average molecular weight is 344 g/mol. The highest BCUT2D eigenvalue weighted by molar-refractivity contribution is 5.79. The Balaban J connectivity index is 1.28. The van der Waals surface area contributed by atoms with Crippen molar-refractivity contribution in [1.29, 1.82) is 0 Å². The fourth-order valence-electron chi connectivity index (χ4n) is 3.99. The lowest BCUT2D eigenvalue weighted by Gasteiger charge is -2.40. The molecule has 3 atom stereocenters. The van der Waals surface area contributed by atoms with Crippen LogP contribution in [-0.4, -0.2) is 55.3 Å². The molecule has 1 saturated carbocycles. The Hall–Kier alpha value is -1.43. The Bertz CT molecular complexity index is 576. The van der Waals surface area contributed by atoms with Crippen LogP contribution in [0.1, 0.15) is 31.2 Å². The summed E-state index contributed by atoms with van der Waals surface area (Å²) in [5.74, 6) is 0.265. The molecule has 1 amide bonds. The monoisotopic (exact) mass is 344 g/mol. The Morgan fingerprint density at radius 1 is 1.24 bits per heavy atom. The summed E-state index contributed by atoms with van der Waals surface area (Å²) < 4.78 is 11.8. The van der Waals surface area contributed by atoms with Crippen LogP contribution in [0.5, 0.6) is 0 Å². The molecule has 5 heteroatoms. The zero-order valence-electron chi connectivity index (χ0n) is 14.7. The van der Waals surface area contributed by atoms with Crippen molar-refractivity contribution in [2.45, 2.75) is 50.5 Å². The largest absolute Gasteiger partial charge is 0.377 e. The summed E-state index contributed by atoms with van der Waals surface area (Å²) in [7, 11) is 0. The number of amides is 1. The molecule has 0 bridgehead atoms. The number of rotatable bonds is 7. The molecular formula is C20H28N2O3. The molecule has 2 heterocycles. The minimum atomic E-state index is 0.0501. The second kappa shape index (κ2) is 7.85. The maximum Gasteiger partial charge on any atom is 0.224 e. The first kappa shape index (κ1) is 17.0. The number of fused-ring (bicyclic) bond motifs is 1. The van der Waals surface area contributed by atoms with E-state index in [9.17, 15) is 4.79 Å². The molecule has 2 aliphatic heterocycles. The maximum absolute atomic E-state index is 12.5. The van der Waals surface area contributed by atoms with E-state index in [1.165, 1.54) is 5.56 Å². The lowest BCUT2D eigenvalue weighted by Crippen LogP contribution is -2.53. The number of carbonyl (C=O) groups excluding carboxylic acids is 1. The first-order chi connectivity index (χ1) is 12.3. The van der Waals surface area contributed by atoms with Crippen LogP contribution in [0.25, 0.3) is 0 Å². The molecule has 2 saturated heterocycles. The molecule has 3 aliphatic rings. The van der Waals surface area contributed by atoms with Gasteiger partial charge in [0, 0.05) is 31.8 Å². The van der Waals surface area contributed by atoms with Crippen molar-refractivity contribution in [2.75, 3.05) is 26.3 Å². The second-order valence-electron chi connectivity index (χ2n) is 7.51. The number of piperidine rings is 1. The summed E-state index contributed by atoms with van der Waals surface area (Å²) in [5, 5.41) is 3.16. The molecule has 25 heavy (non-hydrogen) atoms. The van der Waals surface area contributed by atoms with Crippen LogP contribution < -0.4 is 5.32 Å². The van der Waals surface area contributed by atoms with Gasteiger partial charge < -0.3 is 14.8 Å². The van der Waals surface area contributed by atoms with Gasteiger partial charge in [0.25, 0.3) is 0 Å². The van der Waals surface area contributed by atoms with Gasteiger partial charge >= 0.3 is 0 Å². The van der Waals surface area contributed by atoms with E-state index in [-0.39, 0.29) is 17.9 Å². The van der Waals surface area contributed by atoms with E-state index in [4.69, 9.17) is 9.47 Å². The lowest BCUT2D eigenvalue weighted by atomic mass is 9.89. The molecule has 0 unspecified atom stereocenters. The highest BCUT2D eigenvalue weighted by Gasteiger charge is 2.42. The summed E-state index contributed by atoms with van der Waals surface area (Å²) in [6.45, 7) is 3.84. The van der Waals surface area contributed by atoms with Gasteiger partial charge in [0.15, 0.2) is 0 Å². The lowest BCUT2D eigenvalue weighted by molar-refractivity contribution is -0.130. The minimum Gasteiger partial charge on any atom is -0.377 e. The topological polar surface area (TPSA) is 50.8 Å². The predicted octanol–water partition coefficient (Wildman–Crippen LogP) is 1.96. The molecule has 1 aliphatic carbocycles. The summed E-state index contributed by atoms with van der Waals surface area (Å²) in [5.41, 5.74) is 1.20. The van der Waals surface area contributed by atoms with Crippen molar-refractivity contribution in [3.63, 3.8) is 0 Å². The molecule has 0 spiro atoms. The predicted molar refractivity (Wildman–Crippen MR) is 95.1 cm³/mol. The highest BCUT2D eigenvalue weighted by atomic mass is 16.5. The molecule has 0 radical (unpaired) electrons. The number of hydrogen-bond donors (Lipinski definition) is 1. The minimum absolute atomic E-state index is 0.0501. The van der Waals surface area contributed by atoms with Crippen LogP contribution in [0, 0.1) is 5.92 Å². The molecular weight excluding hydrogens is 316 g/mol. The first-order valence-electron chi connectivity index (χ1n) is 9.57. The fourth-order valence-corrected chi connectivity index (χ4v) is 3.99. The first-order valence-corrected chi connectivity index (χ1v) is 9.57. The van der Waals surface area contributed by atoms with Gasteiger partial charge in [0.05, 0.1) is 25.2 Å². The average Bonchev–Trinajstić information content (AvgIpc) is 3.32. The van der Waals surface area contributed by atoms with Gasteiger partial charge in [-0.1, -0.05) is 30.3 Å². The molecule has 5 nitrogen and oxygen atoms in total. The van der Waals surface area contributed by atoms with Gasteiger partial charge in [-0.3, -0.25) is 9.69 Å². The third-order valence-electron chi connectivity index (χ3n) is 5.54. The van der Waals surface area contributed by atoms with Gasteiger partial charge in [0.1, 0.15) is 0 Å². The summed E-state index contributed by atoms with van der Waals surface area (Å²) in [6.07, 6.45) is 4.42. The molecule has 4 rings (SSSR count). The van der Waals surface area contributed by atoms with E-state index >= 15 is 0 Å². The van der Waals surface area contributed by atoms with E-state index in [1.807, 2.05) is 18.2 Å². The standard InChI is InChI=1S/C20H28N2O3/c23-20(21-17-6-7-17)16-12-19-18(8-10-25-19)22(13-16)9-11-24-14-15-4-2-1-3-5-15/h1-5,16-19H,6-14H2,(H,21,23)/t16-,18-,19-/m1/s1. The summed E-state index contributed by atoms with van der Waals surface area (Å²) in [6, 6.07) is 11.1. The molecule has 136 valence electrons. The number of nitrogens with one attached hydrogen (secondary N) is 1. The van der Waals surface area contributed by atoms with Crippen molar-refractivity contribution in [3.05, 3.63) is 35.9 Å². The maximum atomic E-state index is 12.5. The molecule has 1 N–H and O–H groups in total. The van der Waals surface area contributed by atoms with Gasteiger partial charge in [-0.25, -0.2) is 0 Å². The number of benzene rings is 1. The Kier molecular flexibility index (Phi) is 5.34. The van der Waals surface area contributed by atoms with E-state index in [2.05, 4.69) is 22.3 Å². The van der Waals surface area contributed by atoms with Crippen LogP contribution in [0.2, 0.25) is 0 Å². The van der Waals surface area contributed by atoms with Crippen molar-refractivity contribution >= 4 is 5.91 Å². The number of nitrogens with zero attached hydrogens (tertiary/aromatic N) is 1. The Morgan fingerprint density at radius 3 is 2.88 bits per heavy atom. The van der Waals surface area contributed by atoms with Gasteiger partial charge in [-0.15, -0.1) is 0 Å². The normalized spacial score (nSPS) is 29.4. The van der Waals surface area contributed by atoms with E-state index in [0.29, 0.717) is 25.3 Å². The van der Waals surface area contributed by atoms with Gasteiger partial charge in [0.2, 0.25) is 5.91 Å². The summed E-state index contributed by atoms with van der Waals surface area (Å²) >= 11 is 0. The van der Waals surface area contributed by atoms with Crippen molar-refractivity contribution < 1.29 is 14.3 Å². The Labute approximate surface area is 149 Å². The van der Waals surface area contributed by atoms with Crippen LogP contribution >= 0.6 is 0 Å². The van der Waals surface area contributed by atoms with E-state index in [0.717, 1.165) is 45.4 Å². The Morgan fingerprint density at radius 2 is 2.08 bits per heavy atom. The van der Waals surface area contributed by atoms with Crippen LogP contribution in [0.3, 0.4) is 0 Å². The van der Waals surface area contributed by atoms with E-state index < -0.39 is 0 Å². The molecule has 3 fully saturated rings. The molecule has 1 aromatic rings.